The minimum Gasteiger partial charge on any atom is -0.112 e. The van der Waals surface area contributed by atoms with Crippen molar-refractivity contribution in [2.75, 3.05) is 0 Å². The third kappa shape index (κ3) is 23.8. The molecule has 2 heteroatoms. The Bertz CT molecular complexity index is 13.5. The second kappa shape index (κ2) is 9.78. The largest absolute Gasteiger partial charge is 0.112 e. The van der Waals surface area contributed by atoms with E-state index in [1.54, 1.807) is 0 Å². The standard InChI is InChI=1S/C2H6Si.Cu/c1-2-3;/h2H,1H2,3H3;. The predicted octanol–water partition coefficient (Wildman–Crippen LogP) is -0.507. The first-order valence-electron chi connectivity index (χ1n) is 0.986. The average Bonchev–Trinajstić information content (AvgIpc) is 0.918. The van der Waals surface area contributed by atoms with E-state index in [1.165, 1.54) is 0 Å². The van der Waals surface area contributed by atoms with Crippen LogP contribution in [-0.2, 0) is 17.1 Å². The van der Waals surface area contributed by atoms with Gasteiger partial charge in [0.25, 0.3) is 0 Å². The molecule has 0 nitrogen and oxygen atoms in total. The molecule has 0 heterocycles. The van der Waals surface area contributed by atoms with Crippen LogP contribution in [0, 0.1) is 0 Å². The third-order valence-electron chi connectivity index (χ3n) is 0. The summed E-state index contributed by atoms with van der Waals surface area (Å²) in [7, 11) is 1.13. The van der Waals surface area contributed by atoms with Crippen LogP contribution in [0.1, 0.15) is 0 Å². The maximum atomic E-state index is 3.42. The van der Waals surface area contributed by atoms with Gasteiger partial charge in [-0.25, -0.2) is 0 Å². The van der Waals surface area contributed by atoms with E-state index in [9.17, 15) is 0 Å². The Balaban J connectivity index is 0. The van der Waals surface area contributed by atoms with Gasteiger partial charge in [0.1, 0.15) is 0 Å². The van der Waals surface area contributed by atoms with Crippen molar-refractivity contribution >= 4 is 10.2 Å². The third-order valence-corrected chi connectivity index (χ3v) is 0. The summed E-state index contributed by atoms with van der Waals surface area (Å²) in [5, 5.41) is 0. The van der Waals surface area contributed by atoms with Gasteiger partial charge in [-0.05, 0) is 0 Å². The van der Waals surface area contributed by atoms with Crippen molar-refractivity contribution in [2.45, 2.75) is 0 Å². The fourth-order valence-corrected chi connectivity index (χ4v) is 0. The van der Waals surface area contributed by atoms with Crippen molar-refractivity contribution in [2.24, 2.45) is 0 Å². The molecule has 0 spiro atoms. The van der Waals surface area contributed by atoms with E-state index in [0.29, 0.717) is 0 Å². The molecular weight excluding hydrogens is 116 g/mol. The number of hydrogen-bond donors (Lipinski definition) is 0. The summed E-state index contributed by atoms with van der Waals surface area (Å²) in [6, 6.07) is 0. The summed E-state index contributed by atoms with van der Waals surface area (Å²) in [6.45, 7) is 3.42. The predicted molar refractivity (Wildman–Crippen MR) is 20.1 cm³/mol. The van der Waals surface area contributed by atoms with Gasteiger partial charge in [-0.15, -0.1) is 12.3 Å². The minimum atomic E-state index is 0. The van der Waals surface area contributed by atoms with Crippen molar-refractivity contribution in [1.29, 1.82) is 0 Å². The molecule has 0 N–H and O–H groups in total. The van der Waals surface area contributed by atoms with E-state index < -0.39 is 0 Å². The summed E-state index contributed by atoms with van der Waals surface area (Å²) in [5.41, 5.74) is 1.89. The Kier molecular flexibility index (Phi) is 21.6. The van der Waals surface area contributed by atoms with Gasteiger partial charge in [0.15, 0.2) is 0 Å². The maximum absolute atomic E-state index is 3.42. The number of hydrogen-bond acceptors (Lipinski definition) is 0. The van der Waals surface area contributed by atoms with Crippen LogP contribution >= 0.6 is 0 Å². The molecule has 29 valence electrons. The molecule has 0 aromatic rings. The van der Waals surface area contributed by atoms with Crippen LogP contribution in [0.3, 0.4) is 0 Å². The van der Waals surface area contributed by atoms with Gasteiger partial charge in [-0.2, -0.15) is 0 Å². The van der Waals surface area contributed by atoms with Gasteiger partial charge in [0.2, 0.25) is 0 Å². The molecule has 0 atom stereocenters. The van der Waals surface area contributed by atoms with Gasteiger partial charge < -0.3 is 0 Å². The molecule has 0 aliphatic heterocycles. The van der Waals surface area contributed by atoms with Crippen LogP contribution < -0.4 is 0 Å². The summed E-state index contributed by atoms with van der Waals surface area (Å²) >= 11 is 0. The zero-order valence-electron chi connectivity index (χ0n) is 2.59. The van der Waals surface area contributed by atoms with Gasteiger partial charge in [0.05, 0.1) is 0 Å². The summed E-state index contributed by atoms with van der Waals surface area (Å²) < 4.78 is 0. The van der Waals surface area contributed by atoms with E-state index in [1.807, 2.05) is 5.70 Å². The monoisotopic (exact) mass is 121 g/mol. The first kappa shape index (κ1) is 8.82. The molecule has 0 saturated carbocycles. The molecule has 1 radical (unpaired) electrons. The summed E-state index contributed by atoms with van der Waals surface area (Å²) in [4.78, 5) is 0. The fraction of sp³-hybridized carbons (Fsp3) is 0. The second-order valence-electron chi connectivity index (χ2n) is 0.408. The fourth-order valence-electron chi connectivity index (χ4n) is 0. The van der Waals surface area contributed by atoms with Crippen molar-refractivity contribution in [1.82, 2.24) is 0 Å². The van der Waals surface area contributed by atoms with Crippen LogP contribution in [0.2, 0.25) is 0 Å². The maximum Gasteiger partial charge on any atom is 0.0283 e. The zero-order valence-corrected chi connectivity index (χ0v) is 5.53. The molecule has 4 heavy (non-hydrogen) atoms. The molecular formula is C2H6CuSi. The van der Waals surface area contributed by atoms with Gasteiger partial charge in [-0.3, -0.25) is 0 Å². The van der Waals surface area contributed by atoms with E-state index in [-0.39, 0.29) is 17.1 Å². The Hall–Kier alpha value is 0.476. The van der Waals surface area contributed by atoms with Gasteiger partial charge >= 0.3 is 0 Å². The Morgan fingerprint density at radius 3 is 1.75 bits per heavy atom. The second-order valence-corrected chi connectivity index (χ2v) is 1.22. The molecule has 0 aromatic heterocycles. The quantitative estimate of drug-likeness (QED) is 0.379. The van der Waals surface area contributed by atoms with Crippen LogP contribution in [-0.4, -0.2) is 10.2 Å². The van der Waals surface area contributed by atoms with Crippen molar-refractivity contribution in [3.8, 4) is 0 Å². The van der Waals surface area contributed by atoms with Gasteiger partial charge in [0, 0.05) is 27.3 Å². The SMILES string of the molecule is C=C[SiH3].[Cu]. The summed E-state index contributed by atoms with van der Waals surface area (Å²) in [6.07, 6.45) is 0. The van der Waals surface area contributed by atoms with Crippen molar-refractivity contribution in [3.05, 3.63) is 12.3 Å². The molecule has 0 fully saturated rings. The zero-order chi connectivity index (χ0) is 2.71. The minimum absolute atomic E-state index is 0. The molecule has 0 saturated heterocycles. The van der Waals surface area contributed by atoms with Crippen LogP contribution in [0.4, 0.5) is 0 Å². The first-order chi connectivity index (χ1) is 1.41. The molecule has 0 aliphatic rings. The van der Waals surface area contributed by atoms with E-state index >= 15 is 0 Å². The average molecular weight is 122 g/mol. The van der Waals surface area contributed by atoms with Crippen LogP contribution in [0.25, 0.3) is 0 Å². The van der Waals surface area contributed by atoms with Gasteiger partial charge in [-0.1, -0.05) is 0 Å². The molecule has 0 amide bonds. The molecule has 0 aliphatic carbocycles. The Morgan fingerprint density at radius 1 is 1.75 bits per heavy atom. The molecule has 0 aromatic carbocycles. The molecule has 0 unspecified atom stereocenters. The normalized spacial score (nSPS) is 4.00. The molecule has 0 rings (SSSR count). The van der Waals surface area contributed by atoms with Crippen LogP contribution in [0.15, 0.2) is 12.3 Å². The molecule has 0 bridgehead atoms. The Labute approximate surface area is 40.2 Å². The smallest absolute Gasteiger partial charge is 0.0283 e. The number of rotatable bonds is 0. The van der Waals surface area contributed by atoms with E-state index in [2.05, 4.69) is 6.58 Å². The first-order valence-corrected chi connectivity index (χ1v) is 2.14. The summed E-state index contributed by atoms with van der Waals surface area (Å²) in [5.74, 6) is 0. The Morgan fingerprint density at radius 2 is 1.75 bits per heavy atom. The van der Waals surface area contributed by atoms with Crippen LogP contribution in [0.5, 0.6) is 0 Å². The topological polar surface area (TPSA) is 0 Å². The van der Waals surface area contributed by atoms with Crippen molar-refractivity contribution in [3.63, 3.8) is 0 Å². The van der Waals surface area contributed by atoms with E-state index in [4.69, 9.17) is 0 Å². The van der Waals surface area contributed by atoms with Crippen molar-refractivity contribution < 1.29 is 17.1 Å². The van der Waals surface area contributed by atoms with E-state index in [0.717, 1.165) is 10.2 Å².